The third-order valence-electron chi connectivity index (χ3n) is 4.48. The van der Waals surface area contributed by atoms with Crippen molar-refractivity contribution < 1.29 is 14.3 Å². The molecule has 4 rings (SSSR count). The predicted octanol–water partition coefficient (Wildman–Crippen LogP) is 4.45. The molecule has 3 aromatic heterocycles. The minimum atomic E-state index is -0.407. The van der Waals surface area contributed by atoms with Crippen LogP contribution in [0.3, 0.4) is 0 Å². The van der Waals surface area contributed by atoms with Crippen LogP contribution in [0.5, 0.6) is 0 Å². The highest BCUT2D eigenvalue weighted by Crippen LogP contribution is 2.41. The van der Waals surface area contributed by atoms with E-state index in [1.54, 1.807) is 19.1 Å². The molecule has 0 aliphatic heterocycles. The number of hydrogen-bond acceptors (Lipinski definition) is 5. The van der Waals surface area contributed by atoms with Crippen LogP contribution in [0.2, 0.25) is 0 Å². The molecule has 0 fully saturated rings. The lowest BCUT2D eigenvalue weighted by Gasteiger charge is -2.04. The standard InChI is InChI=1S/C21H18N2O3S/c1-3-26-21(25)15-14-11-12(2)9-10-23(14)17-16(22)20(27-19(15)17)18(24)13-7-5-4-6-8-13/h4-11H,3,22H2,1-2H3. The van der Waals surface area contributed by atoms with E-state index in [0.29, 0.717) is 31.9 Å². The molecule has 4 aromatic rings. The van der Waals surface area contributed by atoms with Gasteiger partial charge in [-0.1, -0.05) is 30.3 Å². The van der Waals surface area contributed by atoms with Gasteiger partial charge in [0, 0.05) is 11.8 Å². The van der Waals surface area contributed by atoms with Gasteiger partial charge in [0.2, 0.25) is 5.78 Å². The van der Waals surface area contributed by atoms with Crippen molar-refractivity contribution in [2.24, 2.45) is 0 Å². The first kappa shape index (κ1) is 17.3. The van der Waals surface area contributed by atoms with E-state index < -0.39 is 5.97 Å². The van der Waals surface area contributed by atoms with Crippen LogP contribution in [0.15, 0.2) is 48.7 Å². The van der Waals surface area contributed by atoms with Gasteiger partial charge in [0.1, 0.15) is 10.4 Å². The monoisotopic (exact) mass is 378 g/mol. The molecule has 1 aromatic carbocycles. The number of benzene rings is 1. The fraction of sp³-hybridized carbons (Fsp3) is 0.143. The molecule has 0 aliphatic carbocycles. The van der Waals surface area contributed by atoms with Gasteiger partial charge >= 0.3 is 5.97 Å². The number of aromatic nitrogens is 1. The van der Waals surface area contributed by atoms with Gasteiger partial charge in [-0.3, -0.25) is 4.79 Å². The SMILES string of the molecule is CCOC(=O)c1c2sc(C(=O)c3ccccc3)c(N)c2n2ccc(C)cc12. The van der Waals surface area contributed by atoms with Crippen molar-refractivity contribution in [3.63, 3.8) is 0 Å². The van der Waals surface area contributed by atoms with Crippen LogP contribution < -0.4 is 5.73 Å². The minimum absolute atomic E-state index is 0.148. The van der Waals surface area contributed by atoms with Crippen LogP contribution in [0.1, 0.15) is 38.1 Å². The van der Waals surface area contributed by atoms with Gasteiger partial charge < -0.3 is 14.9 Å². The molecule has 3 heterocycles. The molecule has 0 amide bonds. The smallest absolute Gasteiger partial charge is 0.341 e. The third kappa shape index (κ3) is 2.69. The Balaban J connectivity index is 2.01. The number of carbonyl (C=O) groups is 2. The Morgan fingerprint density at radius 3 is 2.63 bits per heavy atom. The van der Waals surface area contributed by atoms with Gasteiger partial charge in [-0.25, -0.2) is 4.79 Å². The van der Waals surface area contributed by atoms with Crippen LogP contribution in [-0.4, -0.2) is 22.8 Å². The number of pyridine rings is 1. The lowest BCUT2D eigenvalue weighted by Crippen LogP contribution is -2.05. The number of esters is 1. The minimum Gasteiger partial charge on any atom is -0.462 e. The second-order valence-corrected chi connectivity index (χ2v) is 7.29. The number of anilines is 1. The molecule has 5 nitrogen and oxygen atoms in total. The Bertz CT molecular complexity index is 1190. The van der Waals surface area contributed by atoms with E-state index in [0.717, 1.165) is 11.1 Å². The second-order valence-electron chi connectivity index (χ2n) is 6.27. The highest BCUT2D eigenvalue weighted by Gasteiger charge is 2.27. The average Bonchev–Trinajstić information content (AvgIpc) is 3.16. The number of ether oxygens (including phenoxy) is 1. The van der Waals surface area contributed by atoms with Gasteiger partial charge in [0.15, 0.2) is 0 Å². The topological polar surface area (TPSA) is 73.8 Å². The van der Waals surface area contributed by atoms with Crippen molar-refractivity contribution in [2.45, 2.75) is 13.8 Å². The van der Waals surface area contributed by atoms with Crippen molar-refractivity contribution in [1.82, 2.24) is 4.40 Å². The maximum absolute atomic E-state index is 12.9. The Kier molecular flexibility index (Phi) is 4.20. The van der Waals surface area contributed by atoms with Gasteiger partial charge in [0.05, 0.1) is 28.0 Å². The first-order chi connectivity index (χ1) is 13.0. The molecule has 2 N–H and O–H groups in total. The average molecular weight is 378 g/mol. The number of nitrogen functional groups attached to an aromatic ring is 1. The highest BCUT2D eigenvalue weighted by atomic mass is 32.1. The second kappa shape index (κ2) is 6.55. The quantitative estimate of drug-likeness (QED) is 0.420. The number of carbonyl (C=O) groups excluding carboxylic acids is 2. The molecule has 0 bridgehead atoms. The molecule has 6 heteroatoms. The summed E-state index contributed by atoms with van der Waals surface area (Å²) in [6.07, 6.45) is 1.87. The summed E-state index contributed by atoms with van der Waals surface area (Å²) in [6.45, 7) is 4.01. The highest BCUT2D eigenvalue weighted by molar-refractivity contribution is 7.22. The fourth-order valence-corrected chi connectivity index (χ4v) is 4.46. The Morgan fingerprint density at radius 1 is 1.19 bits per heavy atom. The zero-order valence-electron chi connectivity index (χ0n) is 15.0. The molecule has 136 valence electrons. The lowest BCUT2D eigenvalue weighted by molar-refractivity contribution is 0.0531. The van der Waals surface area contributed by atoms with Gasteiger partial charge in [-0.05, 0) is 31.5 Å². The van der Waals surface area contributed by atoms with E-state index >= 15 is 0 Å². The Hall–Kier alpha value is -3.12. The van der Waals surface area contributed by atoms with Crippen molar-refractivity contribution in [3.05, 3.63) is 70.2 Å². The zero-order valence-corrected chi connectivity index (χ0v) is 15.8. The maximum Gasteiger partial charge on any atom is 0.341 e. The largest absolute Gasteiger partial charge is 0.462 e. The molecular weight excluding hydrogens is 360 g/mol. The summed E-state index contributed by atoms with van der Waals surface area (Å²) in [5, 5.41) is 0. The fourth-order valence-electron chi connectivity index (χ4n) is 3.24. The van der Waals surface area contributed by atoms with Crippen LogP contribution in [0.4, 0.5) is 5.69 Å². The van der Waals surface area contributed by atoms with Crippen LogP contribution >= 0.6 is 11.3 Å². The summed E-state index contributed by atoms with van der Waals surface area (Å²) >= 11 is 1.24. The number of nitrogens with two attached hydrogens (primary N) is 1. The molecule has 0 aliphatic rings. The van der Waals surface area contributed by atoms with E-state index in [4.69, 9.17) is 10.5 Å². The number of fused-ring (bicyclic) bond motifs is 3. The molecule has 0 saturated carbocycles. The number of nitrogens with zero attached hydrogens (tertiary/aromatic N) is 1. The van der Waals surface area contributed by atoms with Crippen LogP contribution in [0, 0.1) is 6.92 Å². The van der Waals surface area contributed by atoms with E-state index in [-0.39, 0.29) is 12.4 Å². The summed E-state index contributed by atoms with van der Waals surface area (Å²) in [5.74, 6) is -0.555. The first-order valence-electron chi connectivity index (χ1n) is 8.62. The molecular formula is C21H18N2O3S. The molecule has 0 spiro atoms. The maximum atomic E-state index is 12.9. The van der Waals surface area contributed by atoms with E-state index in [2.05, 4.69) is 0 Å². The first-order valence-corrected chi connectivity index (χ1v) is 9.44. The van der Waals surface area contributed by atoms with Crippen molar-refractivity contribution in [1.29, 1.82) is 0 Å². The number of thiophene rings is 1. The van der Waals surface area contributed by atoms with Crippen molar-refractivity contribution >= 4 is 44.5 Å². The number of aryl methyl sites for hydroxylation is 1. The number of rotatable bonds is 4. The molecule has 27 heavy (non-hydrogen) atoms. The number of ketones is 1. The summed E-state index contributed by atoms with van der Waals surface area (Å²) < 4.78 is 7.81. The third-order valence-corrected chi connectivity index (χ3v) is 5.69. The van der Waals surface area contributed by atoms with E-state index in [1.807, 2.05) is 47.9 Å². The van der Waals surface area contributed by atoms with Crippen LogP contribution in [0.25, 0.3) is 15.7 Å². The lowest BCUT2D eigenvalue weighted by atomic mass is 10.1. The molecule has 0 unspecified atom stereocenters. The van der Waals surface area contributed by atoms with Crippen molar-refractivity contribution in [3.8, 4) is 0 Å². The Labute approximate surface area is 160 Å². The molecule has 0 radical (unpaired) electrons. The zero-order chi connectivity index (χ0) is 19.1. The summed E-state index contributed by atoms with van der Waals surface area (Å²) in [5.41, 5.74) is 10.2. The summed E-state index contributed by atoms with van der Waals surface area (Å²) in [7, 11) is 0. The summed E-state index contributed by atoms with van der Waals surface area (Å²) in [4.78, 5) is 26.0. The Morgan fingerprint density at radius 2 is 1.93 bits per heavy atom. The van der Waals surface area contributed by atoms with Gasteiger partial charge in [-0.2, -0.15) is 0 Å². The van der Waals surface area contributed by atoms with Gasteiger partial charge in [0.25, 0.3) is 0 Å². The number of hydrogen-bond donors (Lipinski definition) is 1. The summed E-state index contributed by atoms with van der Waals surface area (Å²) in [6, 6.07) is 12.9. The molecule has 0 atom stereocenters. The van der Waals surface area contributed by atoms with E-state index in [1.165, 1.54) is 11.3 Å². The van der Waals surface area contributed by atoms with Crippen LogP contribution in [-0.2, 0) is 4.74 Å². The van der Waals surface area contributed by atoms with Crippen molar-refractivity contribution in [2.75, 3.05) is 12.3 Å². The molecule has 0 saturated heterocycles. The predicted molar refractivity (Wildman–Crippen MR) is 108 cm³/mol. The van der Waals surface area contributed by atoms with E-state index in [9.17, 15) is 9.59 Å². The normalized spacial score (nSPS) is 11.2. The van der Waals surface area contributed by atoms with Gasteiger partial charge in [-0.15, -0.1) is 11.3 Å².